The number of anilines is 1. The van der Waals surface area contributed by atoms with Crippen LogP contribution < -0.4 is 5.32 Å². The van der Waals surface area contributed by atoms with Gasteiger partial charge in [-0.2, -0.15) is 0 Å². The standard InChI is InChI=1S/C17H10Cl4FNO3/c18-10-3-2-8(6-9(10)16(25)26)23-15(24)14-13(17(14,20)21)7-1-4-12(22)11(19)5-7/h1-6,13-14H,(H,23,24)(H,25,26)/t13-,14+/m1/s1. The highest BCUT2D eigenvalue weighted by Crippen LogP contribution is 2.65. The minimum atomic E-state index is -1.38. The van der Waals surface area contributed by atoms with Gasteiger partial charge >= 0.3 is 5.97 Å². The molecular weight excluding hydrogens is 427 g/mol. The second-order valence-electron chi connectivity index (χ2n) is 5.79. The van der Waals surface area contributed by atoms with Crippen LogP contribution in [-0.4, -0.2) is 21.3 Å². The maximum atomic E-state index is 13.3. The van der Waals surface area contributed by atoms with Gasteiger partial charge < -0.3 is 10.4 Å². The van der Waals surface area contributed by atoms with Gasteiger partial charge in [-0.1, -0.05) is 29.3 Å². The van der Waals surface area contributed by atoms with Crippen molar-refractivity contribution in [1.82, 2.24) is 0 Å². The lowest BCUT2D eigenvalue weighted by Gasteiger charge is -2.07. The van der Waals surface area contributed by atoms with Crippen molar-refractivity contribution in [1.29, 1.82) is 0 Å². The van der Waals surface area contributed by atoms with E-state index in [-0.39, 0.29) is 21.3 Å². The molecular formula is C17H10Cl4FNO3. The second-order valence-corrected chi connectivity index (χ2v) is 8.05. The highest BCUT2D eigenvalue weighted by atomic mass is 35.5. The summed E-state index contributed by atoms with van der Waals surface area (Å²) in [5.74, 6) is -3.69. The first-order valence-corrected chi connectivity index (χ1v) is 8.80. The number of carbonyl (C=O) groups excluding carboxylic acids is 1. The van der Waals surface area contributed by atoms with Crippen molar-refractivity contribution in [3.8, 4) is 0 Å². The van der Waals surface area contributed by atoms with Gasteiger partial charge in [-0.3, -0.25) is 4.79 Å². The van der Waals surface area contributed by atoms with Crippen molar-refractivity contribution in [2.75, 3.05) is 5.32 Å². The van der Waals surface area contributed by atoms with Crippen LogP contribution in [0.1, 0.15) is 21.8 Å². The van der Waals surface area contributed by atoms with Crippen LogP contribution in [0.3, 0.4) is 0 Å². The Bertz CT molecular complexity index is 919. The maximum absolute atomic E-state index is 13.3. The summed E-state index contributed by atoms with van der Waals surface area (Å²) in [4.78, 5) is 23.6. The average molecular weight is 437 g/mol. The van der Waals surface area contributed by atoms with Crippen molar-refractivity contribution in [2.45, 2.75) is 10.3 Å². The zero-order valence-corrected chi connectivity index (χ0v) is 15.8. The summed E-state index contributed by atoms with van der Waals surface area (Å²) in [6.45, 7) is 0. The molecule has 0 spiro atoms. The van der Waals surface area contributed by atoms with Gasteiger partial charge in [0.15, 0.2) is 0 Å². The van der Waals surface area contributed by atoms with Gasteiger partial charge in [0.25, 0.3) is 0 Å². The van der Waals surface area contributed by atoms with E-state index in [1.807, 2.05) is 0 Å². The lowest BCUT2D eigenvalue weighted by Crippen LogP contribution is -2.17. The van der Waals surface area contributed by atoms with Crippen LogP contribution in [0, 0.1) is 11.7 Å². The highest BCUT2D eigenvalue weighted by molar-refractivity contribution is 6.53. The summed E-state index contributed by atoms with van der Waals surface area (Å²) in [6, 6.07) is 8.07. The lowest BCUT2D eigenvalue weighted by atomic mass is 10.1. The molecule has 0 saturated heterocycles. The quantitative estimate of drug-likeness (QED) is 0.634. The van der Waals surface area contributed by atoms with E-state index in [9.17, 15) is 14.0 Å². The molecule has 1 aliphatic rings. The van der Waals surface area contributed by atoms with E-state index in [1.54, 1.807) is 0 Å². The number of carbonyl (C=O) groups is 2. The largest absolute Gasteiger partial charge is 0.478 e. The highest BCUT2D eigenvalue weighted by Gasteiger charge is 2.67. The molecule has 0 aliphatic heterocycles. The van der Waals surface area contributed by atoms with Crippen LogP contribution in [0.25, 0.3) is 0 Å². The molecule has 26 heavy (non-hydrogen) atoms. The van der Waals surface area contributed by atoms with Crippen molar-refractivity contribution < 1.29 is 19.1 Å². The Morgan fingerprint density at radius 2 is 1.77 bits per heavy atom. The zero-order valence-electron chi connectivity index (χ0n) is 12.8. The Labute approximate surface area is 167 Å². The minimum Gasteiger partial charge on any atom is -0.478 e. The summed E-state index contributed by atoms with van der Waals surface area (Å²) < 4.78 is 11.9. The molecule has 9 heteroatoms. The van der Waals surface area contributed by atoms with Crippen molar-refractivity contribution >= 4 is 64.0 Å². The molecule has 2 aromatic rings. The summed E-state index contributed by atoms with van der Waals surface area (Å²) in [7, 11) is 0. The number of rotatable bonds is 4. The number of hydrogen-bond donors (Lipinski definition) is 2. The van der Waals surface area contributed by atoms with Gasteiger partial charge in [-0.25, -0.2) is 9.18 Å². The van der Waals surface area contributed by atoms with Crippen LogP contribution in [0.4, 0.5) is 10.1 Å². The third kappa shape index (κ3) is 3.49. The van der Waals surface area contributed by atoms with E-state index in [1.165, 1.54) is 36.4 Å². The van der Waals surface area contributed by atoms with Crippen molar-refractivity contribution in [2.24, 2.45) is 5.92 Å². The van der Waals surface area contributed by atoms with Crippen molar-refractivity contribution in [3.63, 3.8) is 0 Å². The van der Waals surface area contributed by atoms with Crippen LogP contribution >= 0.6 is 46.4 Å². The van der Waals surface area contributed by atoms with Gasteiger partial charge in [0.05, 0.1) is 21.5 Å². The fraction of sp³-hybridized carbons (Fsp3) is 0.176. The molecule has 136 valence electrons. The second kappa shape index (κ2) is 6.89. The van der Waals surface area contributed by atoms with E-state index in [4.69, 9.17) is 51.5 Å². The number of nitrogens with one attached hydrogen (secondary N) is 1. The molecule has 0 aromatic heterocycles. The van der Waals surface area contributed by atoms with Crippen LogP contribution in [-0.2, 0) is 4.79 Å². The Morgan fingerprint density at radius 3 is 2.38 bits per heavy atom. The number of hydrogen-bond acceptors (Lipinski definition) is 2. The smallest absolute Gasteiger partial charge is 0.337 e. The topological polar surface area (TPSA) is 66.4 Å². The van der Waals surface area contributed by atoms with Gasteiger partial charge in [-0.05, 0) is 35.9 Å². The van der Waals surface area contributed by atoms with E-state index < -0.39 is 33.9 Å². The first-order valence-electron chi connectivity index (χ1n) is 7.29. The number of alkyl halides is 2. The molecule has 0 bridgehead atoms. The summed E-state index contributed by atoms with van der Waals surface area (Å²) in [6.07, 6.45) is 0. The third-order valence-corrected chi connectivity index (χ3v) is 5.66. The van der Waals surface area contributed by atoms with Crippen LogP contribution in [0.15, 0.2) is 36.4 Å². The van der Waals surface area contributed by atoms with Gasteiger partial charge in [0.1, 0.15) is 10.2 Å². The predicted molar refractivity (Wildman–Crippen MR) is 99.1 cm³/mol. The molecule has 1 saturated carbocycles. The normalized spacial score (nSPS) is 20.5. The summed E-state index contributed by atoms with van der Waals surface area (Å²) in [5.41, 5.74) is 0.623. The van der Waals surface area contributed by atoms with E-state index in [0.717, 1.165) is 0 Å². The van der Waals surface area contributed by atoms with E-state index in [0.29, 0.717) is 5.56 Å². The zero-order chi connectivity index (χ0) is 19.2. The Kier molecular flexibility index (Phi) is 5.10. The Morgan fingerprint density at radius 1 is 1.08 bits per heavy atom. The first kappa shape index (κ1) is 19.2. The Balaban J connectivity index is 1.81. The first-order chi connectivity index (χ1) is 12.1. The number of aromatic carboxylic acids is 1. The summed E-state index contributed by atoms with van der Waals surface area (Å²) in [5, 5.41) is 11.6. The number of carboxylic acids is 1. The predicted octanol–water partition coefficient (Wildman–Crippen LogP) is 5.36. The molecule has 2 N–H and O–H groups in total. The molecule has 1 aliphatic carbocycles. The SMILES string of the molecule is O=C(O)c1cc(NC(=O)[C@@H]2[C@@H](c3ccc(F)c(Cl)c3)C2(Cl)Cl)ccc1Cl. The number of benzene rings is 2. The van der Waals surface area contributed by atoms with Crippen LogP contribution in [0.2, 0.25) is 10.0 Å². The van der Waals surface area contributed by atoms with Crippen LogP contribution in [0.5, 0.6) is 0 Å². The molecule has 0 radical (unpaired) electrons. The Hall–Kier alpha value is -1.53. The number of amides is 1. The molecule has 0 heterocycles. The van der Waals surface area contributed by atoms with Gasteiger partial charge in [0, 0.05) is 11.6 Å². The number of halogens is 5. The fourth-order valence-corrected chi connectivity index (χ4v) is 3.98. The van der Waals surface area contributed by atoms with E-state index in [2.05, 4.69) is 5.32 Å². The maximum Gasteiger partial charge on any atom is 0.337 e. The molecule has 2 atom stereocenters. The molecule has 4 nitrogen and oxygen atoms in total. The summed E-state index contributed by atoms with van der Waals surface area (Å²) >= 11 is 24.0. The molecule has 1 amide bonds. The lowest BCUT2D eigenvalue weighted by molar-refractivity contribution is -0.117. The monoisotopic (exact) mass is 435 g/mol. The van der Waals surface area contributed by atoms with Gasteiger partial charge in [0.2, 0.25) is 5.91 Å². The third-order valence-electron chi connectivity index (χ3n) is 4.10. The average Bonchev–Trinajstić information content (AvgIpc) is 3.14. The molecule has 0 unspecified atom stereocenters. The van der Waals surface area contributed by atoms with Gasteiger partial charge in [-0.15, -0.1) is 23.2 Å². The fourth-order valence-electron chi connectivity index (χ4n) is 2.76. The van der Waals surface area contributed by atoms with E-state index >= 15 is 0 Å². The minimum absolute atomic E-state index is 0.0461. The number of carboxylic acid groups (broad SMARTS) is 1. The molecule has 1 fully saturated rings. The van der Waals surface area contributed by atoms with Crippen molar-refractivity contribution in [3.05, 3.63) is 63.4 Å². The molecule has 3 rings (SSSR count). The molecule has 2 aromatic carbocycles.